The molecule has 0 spiro atoms. The van der Waals surface area contributed by atoms with Crippen molar-refractivity contribution in [3.8, 4) is 11.5 Å². The zero-order valence-corrected chi connectivity index (χ0v) is 16.3. The number of carbonyl (C=O) groups excluding carboxylic acids is 1. The van der Waals surface area contributed by atoms with Crippen LogP contribution in [0, 0.1) is 20.8 Å². The molecule has 0 fully saturated rings. The van der Waals surface area contributed by atoms with Gasteiger partial charge in [-0.05, 0) is 60.7 Å². The third-order valence-electron chi connectivity index (χ3n) is 5.07. The van der Waals surface area contributed by atoms with Crippen LogP contribution < -0.4 is 9.47 Å². The highest BCUT2D eigenvalue weighted by molar-refractivity contribution is 6.15. The van der Waals surface area contributed by atoms with Gasteiger partial charge in [-0.3, -0.25) is 4.79 Å². The lowest BCUT2D eigenvalue weighted by molar-refractivity contribution is 0.101. The molecule has 3 aromatic carbocycles. The van der Waals surface area contributed by atoms with Gasteiger partial charge in [-0.25, -0.2) is 0 Å². The van der Waals surface area contributed by atoms with Crippen molar-refractivity contribution >= 4 is 11.9 Å². The van der Waals surface area contributed by atoms with Gasteiger partial charge in [0, 0.05) is 6.07 Å². The molecule has 0 amide bonds. The number of allylic oxidation sites excluding steroid dienone is 1. The number of hydrogen-bond donors (Lipinski definition) is 0. The third-order valence-corrected chi connectivity index (χ3v) is 5.07. The third kappa shape index (κ3) is 3.44. The first-order chi connectivity index (χ1) is 13.5. The van der Waals surface area contributed by atoms with E-state index >= 15 is 0 Å². The Morgan fingerprint density at radius 1 is 0.893 bits per heavy atom. The number of ether oxygens (including phenoxy) is 2. The number of hydrogen-bond acceptors (Lipinski definition) is 3. The molecule has 0 aromatic heterocycles. The maximum Gasteiger partial charge on any atom is 0.232 e. The number of rotatable bonds is 4. The molecular weight excluding hydrogens is 348 g/mol. The zero-order chi connectivity index (χ0) is 19.7. The fourth-order valence-corrected chi connectivity index (χ4v) is 3.38. The molecule has 0 saturated carbocycles. The minimum absolute atomic E-state index is 0.0822. The van der Waals surface area contributed by atoms with E-state index in [1.807, 2.05) is 62.4 Å². The highest BCUT2D eigenvalue weighted by Crippen LogP contribution is 2.38. The predicted octanol–water partition coefficient (Wildman–Crippen LogP) is 5.81. The minimum atomic E-state index is -0.0822. The largest absolute Gasteiger partial charge is 0.489 e. The average Bonchev–Trinajstić information content (AvgIpc) is 2.99. The topological polar surface area (TPSA) is 35.5 Å². The standard InChI is InChI=1S/C25H22O3/c1-16-8-4-6-10-19(16)13-23-25(26)24-18(3)12-21(14-22(24)28-23)27-15-20-11-7-5-9-17(20)2/h4-14H,15H2,1-3H3/b23-13-. The molecule has 0 N–H and O–H groups in total. The minimum Gasteiger partial charge on any atom is -0.489 e. The second kappa shape index (κ2) is 7.35. The van der Waals surface area contributed by atoms with E-state index in [9.17, 15) is 4.79 Å². The number of aryl methyl sites for hydroxylation is 3. The summed E-state index contributed by atoms with van der Waals surface area (Å²) in [6.07, 6.45) is 1.81. The van der Waals surface area contributed by atoms with Gasteiger partial charge in [0.25, 0.3) is 0 Å². The average molecular weight is 370 g/mol. The van der Waals surface area contributed by atoms with Gasteiger partial charge < -0.3 is 9.47 Å². The SMILES string of the molecule is Cc1ccccc1/C=C1\Oc2cc(OCc3ccccc3C)cc(C)c2C1=O. The molecule has 4 rings (SSSR count). The molecule has 0 bridgehead atoms. The van der Waals surface area contributed by atoms with Crippen molar-refractivity contribution in [3.05, 3.63) is 99.8 Å². The maximum atomic E-state index is 12.8. The monoisotopic (exact) mass is 370 g/mol. The Bertz CT molecular complexity index is 1090. The Labute approximate surface area is 165 Å². The molecule has 0 saturated heterocycles. The molecule has 0 aliphatic carbocycles. The number of carbonyl (C=O) groups is 1. The van der Waals surface area contributed by atoms with E-state index in [0.29, 0.717) is 29.4 Å². The first-order valence-electron chi connectivity index (χ1n) is 9.35. The predicted molar refractivity (Wildman–Crippen MR) is 111 cm³/mol. The van der Waals surface area contributed by atoms with Crippen LogP contribution in [0.5, 0.6) is 11.5 Å². The van der Waals surface area contributed by atoms with Crippen molar-refractivity contribution in [1.29, 1.82) is 0 Å². The van der Waals surface area contributed by atoms with Crippen molar-refractivity contribution in [2.24, 2.45) is 0 Å². The van der Waals surface area contributed by atoms with Gasteiger partial charge in [0.1, 0.15) is 18.1 Å². The molecule has 0 atom stereocenters. The Morgan fingerprint density at radius 2 is 1.61 bits per heavy atom. The Morgan fingerprint density at radius 3 is 2.36 bits per heavy atom. The molecule has 3 aromatic rings. The van der Waals surface area contributed by atoms with Crippen LogP contribution in [0.2, 0.25) is 0 Å². The molecule has 3 nitrogen and oxygen atoms in total. The lowest BCUT2D eigenvalue weighted by Gasteiger charge is -2.10. The first-order valence-corrected chi connectivity index (χ1v) is 9.35. The highest BCUT2D eigenvalue weighted by atomic mass is 16.5. The van der Waals surface area contributed by atoms with Gasteiger partial charge in [0.05, 0.1) is 5.56 Å². The van der Waals surface area contributed by atoms with Crippen LogP contribution in [0.3, 0.4) is 0 Å². The van der Waals surface area contributed by atoms with Crippen LogP contribution in [-0.2, 0) is 6.61 Å². The summed E-state index contributed by atoms with van der Waals surface area (Å²) in [7, 11) is 0. The van der Waals surface area contributed by atoms with Crippen LogP contribution in [0.4, 0.5) is 0 Å². The fraction of sp³-hybridized carbons (Fsp3) is 0.160. The Kier molecular flexibility index (Phi) is 4.74. The van der Waals surface area contributed by atoms with Crippen molar-refractivity contribution in [3.63, 3.8) is 0 Å². The second-order valence-corrected chi connectivity index (χ2v) is 7.12. The van der Waals surface area contributed by atoms with Crippen LogP contribution in [0.25, 0.3) is 6.08 Å². The van der Waals surface area contributed by atoms with E-state index in [1.165, 1.54) is 5.56 Å². The zero-order valence-electron chi connectivity index (χ0n) is 16.3. The van der Waals surface area contributed by atoms with Crippen molar-refractivity contribution < 1.29 is 14.3 Å². The number of benzene rings is 3. The summed E-state index contributed by atoms with van der Waals surface area (Å²) in [6, 6.07) is 19.8. The summed E-state index contributed by atoms with van der Waals surface area (Å²) in [5, 5.41) is 0. The van der Waals surface area contributed by atoms with Gasteiger partial charge in [0.15, 0.2) is 5.76 Å². The molecule has 1 aliphatic heterocycles. The smallest absolute Gasteiger partial charge is 0.232 e. The maximum absolute atomic E-state index is 12.8. The normalized spacial score (nSPS) is 14.1. The lowest BCUT2D eigenvalue weighted by Crippen LogP contribution is -2.00. The first kappa shape index (κ1) is 18.1. The van der Waals surface area contributed by atoms with Gasteiger partial charge in [-0.1, -0.05) is 48.5 Å². The number of fused-ring (bicyclic) bond motifs is 1. The van der Waals surface area contributed by atoms with Crippen LogP contribution >= 0.6 is 0 Å². The Balaban J connectivity index is 1.60. The van der Waals surface area contributed by atoms with E-state index in [2.05, 4.69) is 19.1 Å². The summed E-state index contributed by atoms with van der Waals surface area (Å²) < 4.78 is 11.9. The van der Waals surface area contributed by atoms with E-state index in [1.54, 1.807) is 6.07 Å². The van der Waals surface area contributed by atoms with Crippen molar-refractivity contribution in [2.75, 3.05) is 0 Å². The van der Waals surface area contributed by atoms with E-state index < -0.39 is 0 Å². The highest BCUT2D eigenvalue weighted by Gasteiger charge is 2.30. The lowest BCUT2D eigenvalue weighted by atomic mass is 10.0. The summed E-state index contributed by atoms with van der Waals surface area (Å²) in [5.41, 5.74) is 5.88. The van der Waals surface area contributed by atoms with Crippen molar-refractivity contribution in [2.45, 2.75) is 27.4 Å². The van der Waals surface area contributed by atoms with Gasteiger partial charge in [0.2, 0.25) is 5.78 Å². The van der Waals surface area contributed by atoms with Crippen LogP contribution in [-0.4, -0.2) is 5.78 Å². The molecule has 0 radical (unpaired) electrons. The molecule has 0 unspecified atom stereocenters. The van der Waals surface area contributed by atoms with Crippen molar-refractivity contribution in [1.82, 2.24) is 0 Å². The van der Waals surface area contributed by atoms with Crippen LogP contribution in [0.1, 0.15) is 38.2 Å². The quantitative estimate of drug-likeness (QED) is 0.544. The molecule has 140 valence electrons. The van der Waals surface area contributed by atoms with E-state index in [-0.39, 0.29) is 5.78 Å². The van der Waals surface area contributed by atoms with Gasteiger partial charge in [-0.2, -0.15) is 0 Å². The molecule has 1 aliphatic rings. The van der Waals surface area contributed by atoms with Crippen LogP contribution in [0.15, 0.2) is 66.4 Å². The summed E-state index contributed by atoms with van der Waals surface area (Å²) in [4.78, 5) is 12.8. The molecular formula is C25H22O3. The molecule has 1 heterocycles. The molecule has 3 heteroatoms. The molecule has 28 heavy (non-hydrogen) atoms. The number of ketones is 1. The van der Waals surface area contributed by atoms with E-state index in [0.717, 1.165) is 22.3 Å². The van der Waals surface area contributed by atoms with Gasteiger partial charge in [-0.15, -0.1) is 0 Å². The summed E-state index contributed by atoms with van der Waals surface area (Å²) >= 11 is 0. The Hall–Kier alpha value is -3.33. The summed E-state index contributed by atoms with van der Waals surface area (Å²) in [6.45, 7) is 6.47. The second-order valence-electron chi connectivity index (χ2n) is 7.12. The number of Topliss-reactive ketones (excluding diaryl/α,β-unsaturated/α-hetero) is 1. The summed E-state index contributed by atoms with van der Waals surface area (Å²) in [5.74, 6) is 1.53. The fourth-order valence-electron chi connectivity index (χ4n) is 3.38. The van der Waals surface area contributed by atoms with E-state index in [4.69, 9.17) is 9.47 Å². The van der Waals surface area contributed by atoms with Gasteiger partial charge >= 0.3 is 0 Å².